The molecule has 0 aliphatic carbocycles. The van der Waals surface area contributed by atoms with Gasteiger partial charge >= 0.3 is 0 Å². The maximum Gasteiger partial charge on any atom is 0.244 e. The van der Waals surface area contributed by atoms with Crippen molar-refractivity contribution in [1.82, 2.24) is 49.1 Å². The van der Waals surface area contributed by atoms with Gasteiger partial charge in [0.05, 0.1) is 11.0 Å². The first-order valence-corrected chi connectivity index (χ1v) is 25.9. The number of piperidine rings is 2. The molecule has 8 aromatic rings. The van der Waals surface area contributed by atoms with Crippen LogP contribution in [0.2, 0.25) is 0 Å². The van der Waals surface area contributed by atoms with Crippen molar-refractivity contribution in [2.75, 3.05) is 54.4 Å². The van der Waals surface area contributed by atoms with Crippen molar-refractivity contribution in [3.63, 3.8) is 0 Å². The lowest BCUT2D eigenvalue weighted by Gasteiger charge is -2.38. The zero-order valence-electron chi connectivity index (χ0n) is 43.9. The second-order valence-electron chi connectivity index (χ2n) is 20.5. The second-order valence-corrected chi connectivity index (χ2v) is 20.5. The van der Waals surface area contributed by atoms with E-state index in [2.05, 4.69) is 20.2 Å². The van der Waals surface area contributed by atoms with Gasteiger partial charge in [-0.25, -0.2) is 8.78 Å². The van der Waals surface area contributed by atoms with Gasteiger partial charge in [0.2, 0.25) is 11.8 Å². The summed E-state index contributed by atoms with van der Waals surface area (Å²) in [4.78, 5) is 68.5. The number of benzene rings is 4. The monoisotopic (exact) mass is 1030 g/mol. The minimum Gasteiger partial charge on any atom is -0.347 e. The van der Waals surface area contributed by atoms with Crippen LogP contribution < -0.4 is 0 Å². The van der Waals surface area contributed by atoms with Gasteiger partial charge in [0.25, 0.3) is 0 Å². The lowest BCUT2D eigenvalue weighted by atomic mass is 9.88. The number of hydrogen-bond donors (Lipinski definition) is 0. The van der Waals surface area contributed by atoms with Crippen molar-refractivity contribution >= 4 is 45.2 Å². The number of likely N-dealkylation sites (N-methyl/N-ethyl adjacent to an activating group) is 2. The molecule has 0 spiro atoms. The fourth-order valence-electron chi connectivity index (χ4n) is 10.9. The predicted molar refractivity (Wildman–Crippen MR) is 290 cm³/mol. The lowest BCUT2D eigenvalue weighted by Crippen LogP contribution is -2.45. The highest BCUT2D eigenvalue weighted by atomic mass is 19.1. The summed E-state index contributed by atoms with van der Waals surface area (Å²) in [5, 5.41) is 11.2. The van der Waals surface area contributed by atoms with Crippen molar-refractivity contribution in [1.29, 1.82) is 0 Å². The zero-order chi connectivity index (χ0) is 53.6. The average Bonchev–Trinajstić information content (AvgIpc) is 3.96. The standard InChI is InChI=1S/2C30H32FN5O2/c2*1-34(2)30(38)29(23-8-4-5-9-25(23)31)36-16-6-7-20(19-36)17-27(37)22-10-11-26-24(18-22)28(33-35(26)3)21-12-14-32-15-13-21/h2*4-5,8-15,18,20,29H,6-7,16-17,19H2,1-3H3/t2*20-,29?/m00/s1. The molecular formula is C60H64F2N10O4. The van der Waals surface area contributed by atoms with E-state index in [0.29, 0.717) is 61.3 Å². The predicted octanol–water partition coefficient (Wildman–Crippen LogP) is 9.78. The highest BCUT2D eigenvalue weighted by Gasteiger charge is 2.37. The molecule has 2 unspecified atom stereocenters. The molecular weight excluding hydrogens is 963 g/mol. The van der Waals surface area contributed by atoms with E-state index >= 15 is 0 Å². The Morgan fingerprint density at radius 1 is 0.553 bits per heavy atom. The number of carbonyl (C=O) groups excluding carboxylic acids is 4. The molecule has 0 N–H and O–H groups in total. The SMILES string of the molecule is CN(C)C(=O)C(c1ccccc1F)N1CCC[C@@H](CC(=O)c2ccc3c(c2)c(-c2ccncc2)nn3C)C1.CN(C)C(=O)C(c1ccccc1F)N1CCC[C@@H](CC(=O)c2ccc3c(c2)c(-c2ccncc2)nn3C)C1. The minimum atomic E-state index is -0.709. The molecule has 4 aromatic carbocycles. The Morgan fingerprint density at radius 3 is 1.30 bits per heavy atom. The first-order chi connectivity index (χ1) is 36.7. The highest BCUT2D eigenvalue weighted by Crippen LogP contribution is 2.35. The number of ketones is 2. The van der Waals surface area contributed by atoms with Gasteiger partial charge in [-0.1, -0.05) is 36.4 Å². The molecule has 2 amide bonds. The molecule has 2 aliphatic heterocycles. The van der Waals surface area contributed by atoms with E-state index in [4.69, 9.17) is 0 Å². The maximum absolute atomic E-state index is 14.8. The number of aromatic nitrogens is 6. The summed E-state index contributed by atoms with van der Waals surface area (Å²) in [6.45, 7) is 2.48. The topological polar surface area (TPSA) is 143 Å². The number of nitrogens with zero attached hydrogens (tertiary/aromatic N) is 10. The van der Waals surface area contributed by atoms with Gasteiger partial charge in [-0.3, -0.25) is 48.3 Å². The number of likely N-dealkylation sites (tertiary alicyclic amines) is 2. The van der Waals surface area contributed by atoms with Crippen LogP contribution in [-0.2, 0) is 23.7 Å². The highest BCUT2D eigenvalue weighted by molar-refractivity contribution is 6.04. The van der Waals surface area contributed by atoms with Crippen LogP contribution in [0.15, 0.2) is 134 Å². The number of carbonyl (C=O) groups is 4. The zero-order valence-corrected chi connectivity index (χ0v) is 43.9. The van der Waals surface area contributed by atoms with Gasteiger partial charge in [-0.2, -0.15) is 10.2 Å². The lowest BCUT2D eigenvalue weighted by molar-refractivity contribution is -0.136. The molecule has 14 nitrogen and oxygen atoms in total. The van der Waals surface area contributed by atoms with E-state index in [9.17, 15) is 28.0 Å². The van der Waals surface area contributed by atoms with Crippen molar-refractivity contribution in [3.05, 3.63) is 168 Å². The largest absolute Gasteiger partial charge is 0.347 e. The molecule has 6 heterocycles. The summed E-state index contributed by atoms with van der Waals surface area (Å²) in [6.07, 6.45) is 11.1. The Kier molecular flexibility index (Phi) is 16.3. The van der Waals surface area contributed by atoms with Gasteiger partial charge in [0, 0.05) is 137 Å². The third-order valence-electron chi connectivity index (χ3n) is 14.8. The fourth-order valence-corrected chi connectivity index (χ4v) is 10.9. The summed E-state index contributed by atoms with van der Waals surface area (Å²) < 4.78 is 33.2. The average molecular weight is 1030 g/mol. The van der Waals surface area contributed by atoms with Gasteiger partial charge < -0.3 is 9.80 Å². The Balaban J connectivity index is 0.000000186. The van der Waals surface area contributed by atoms with E-state index < -0.39 is 12.1 Å². The number of hydrogen-bond acceptors (Lipinski definition) is 10. The number of halogens is 2. The summed E-state index contributed by atoms with van der Waals surface area (Å²) >= 11 is 0. The summed E-state index contributed by atoms with van der Waals surface area (Å²) in [5.41, 5.74) is 7.48. The first-order valence-electron chi connectivity index (χ1n) is 25.9. The Labute approximate surface area is 442 Å². The van der Waals surface area contributed by atoms with Crippen LogP contribution in [0.1, 0.15) is 82.5 Å². The first kappa shape index (κ1) is 53.0. The molecule has 76 heavy (non-hydrogen) atoms. The number of pyridine rings is 2. The molecule has 0 bridgehead atoms. The smallest absolute Gasteiger partial charge is 0.244 e. The normalized spacial score (nSPS) is 16.9. The van der Waals surface area contributed by atoms with Crippen LogP contribution in [0.25, 0.3) is 44.3 Å². The van der Waals surface area contributed by atoms with E-state index in [1.165, 1.54) is 21.9 Å². The Morgan fingerprint density at radius 2 is 0.934 bits per heavy atom. The molecule has 392 valence electrons. The molecule has 0 saturated carbocycles. The van der Waals surface area contributed by atoms with Gasteiger partial charge in [0.15, 0.2) is 11.6 Å². The van der Waals surface area contributed by atoms with Crippen LogP contribution in [0, 0.1) is 23.5 Å². The van der Waals surface area contributed by atoms with E-state index in [0.717, 1.165) is 70.0 Å². The number of amides is 2. The molecule has 0 radical (unpaired) electrons. The van der Waals surface area contributed by atoms with Gasteiger partial charge in [0.1, 0.15) is 35.1 Å². The molecule has 2 aliphatic rings. The summed E-state index contributed by atoms with van der Waals surface area (Å²) in [7, 11) is 10.6. The van der Waals surface area contributed by atoms with Gasteiger partial charge in [-0.05, 0) is 123 Å². The molecule has 2 saturated heterocycles. The summed E-state index contributed by atoms with van der Waals surface area (Å²) in [6, 6.07) is 30.6. The molecule has 4 atom stereocenters. The molecule has 4 aromatic heterocycles. The van der Waals surface area contributed by atoms with Crippen molar-refractivity contribution in [2.45, 2.75) is 50.6 Å². The number of aryl methyl sites for hydroxylation is 2. The fraction of sp³-hybridized carbons (Fsp3) is 0.333. The molecule has 16 heteroatoms. The maximum atomic E-state index is 14.8. The van der Waals surface area contributed by atoms with Crippen LogP contribution in [0.4, 0.5) is 8.78 Å². The summed E-state index contributed by atoms with van der Waals surface area (Å²) in [5.74, 6) is -0.828. The van der Waals surface area contributed by atoms with Crippen LogP contribution in [-0.4, -0.2) is 127 Å². The van der Waals surface area contributed by atoms with Crippen LogP contribution in [0.3, 0.4) is 0 Å². The van der Waals surface area contributed by atoms with E-state index in [1.54, 1.807) is 89.4 Å². The molecule has 10 rings (SSSR count). The molecule has 2 fully saturated rings. The van der Waals surface area contributed by atoms with E-state index in [-0.39, 0.29) is 46.9 Å². The second kappa shape index (κ2) is 23.4. The van der Waals surface area contributed by atoms with Crippen LogP contribution >= 0.6 is 0 Å². The number of fused-ring (bicyclic) bond motifs is 2. The van der Waals surface area contributed by atoms with Gasteiger partial charge in [-0.15, -0.1) is 0 Å². The van der Waals surface area contributed by atoms with Crippen molar-refractivity contribution in [3.8, 4) is 22.5 Å². The van der Waals surface area contributed by atoms with E-state index in [1.807, 2.05) is 93.9 Å². The third-order valence-corrected chi connectivity index (χ3v) is 14.8. The third kappa shape index (κ3) is 11.5. The minimum absolute atomic E-state index is 0.0599. The quantitative estimate of drug-likeness (QED) is 0.0967. The Hall–Kier alpha value is -7.82. The number of rotatable bonds is 14. The van der Waals surface area contributed by atoms with Crippen molar-refractivity contribution < 1.29 is 28.0 Å². The number of Topliss-reactive ketones (excluding diaryl/α,β-unsaturated/α-hetero) is 2. The van der Waals surface area contributed by atoms with Crippen LogP contribution in [0.5, 0.6) is 0 Å². The van der Waals surface area contributed by atoms with Crippen molar-refractivity contribution in [2.24, 2.45) is 25.9 Å². The Bertz CT molecular complexity index is 3160.